The van der Waals surface area contributed by atoms with Crippen LogP contribution in [0.15, 0.2) is 0 Å². The molecule has 1 heterocycles. The molecule has 0 bridgehead atoms. The number of hydrogen-bond acceptors (Lipinski definition) is 6. The van der Waals surface area contributed by atoms with Crippen molar-refractivity contribution in [3.05, 3.63) is 0 Å². The van der Waals surface area contributed by atoms with Crippen LogP contribution in [0.1, 0.15) is 81.1 Å². The molecule has 2 aliphatic rings. The highest BCUT2D eigenvalue weighted by Crippen LogP contribution is 2.42. The van der Waals surface area contributed by atoms with E-state index in [1.807, 2.05) is 27.7 Å². The molecule has 1 aliphatic heterocycles. The van der Waals surface area contributed by atoms with E-state index >= 15 is 0 Å². The van der Waals surface area contributed by atoms with Crippen LogP contribution in [0.2, 0.25) is 6.32 Å². The smallest absolute Gasteiger partial charge is 0.444 e. The first-order valence-corrected chi connectivity index (χ1v) is 11.9. The zero-order chi connectivity index (χ0) is 25.2. The Bertz CT molecular complexity index is 735. The van der Waals surface area contributed by atoms with Gasteiger partial charge in [0.25, 0.3) is 0 Å². The average molecular weight is 467 g/mol. The maximum atomic E-state index is 12.5. The number of hydrogen-bond donors (Lipinski definition) is 3. The summed E-state index contributed by atoms with van der Waals surface area (Å²) in [7, 11) is -0.334. The highest BCUT2D eigenvalue weighted by atomic mass is 16.7. The van der Waals surface area contributed by atoms with Gasteiger partial charge in [-0.15, -0.1) is 0 Å². The Labute approximate surface area is 198 Å². The van der Waals surface area contributed by atoms with E-state index in [0.29, 0.717) is 25.7 Å². The number of rotatable bonds is 7. The van der Waals surface area contributed by atoms with E-state index in [1.54, 1.807) is 20.8 Å². The fourth-order valence-corrected chi connectivity index (χ4v) is 4.78. The van der Waals surface area contributed by atoms with Crippen molar-refractivity contribution in [2.75, 3.05) is 6.54 Å². The number of primary amides is 1. The fourth-order valence-electron chi connectivity index (χ4n) is 4.78. The van der Waals surface area contributed by atoms with Crippen molar-refractivity contribution in [1.82, 2.24) is 10.6 Å². The molecule has 2 rings (SSSR count). The number of nitrogens with one attached hydrogen (secondary N) is 2. The molecule has 1 saturated carbocycles. The van der Waals surface area contributed by atoms with Crippen molar-refractivity contribution in [2.45, 2.75) is 110 Å². The summed E-state index contributed by atoms with van der Waals surface area (Å²) in [6.07, 6.45) is 2.50. The summed E-state index contributed by atoms with van der Waals surface area (Å²) in [4.78, 5) is 36.6. The topological polar surface area (TPSA) is 129 Å². The van der Waals surface area contributed by atoms with Gasteiger partial charge in [-0.25, -0.2) is 4.79 Å². The summed E-state index contributed by atoms with van der Waals surface area (Å²) >= 11 is 0. The van der Waals surface area contributed by atoms with Crippen molar-refractivity contribution < 1.29 is 28.4 Å². The third kappa shape index (κ3) is 7.34. The molecule has 0 radical (unpaired) electrons. The van der Waals surface area contributed by atoms with Crippen LogP contribution in [0.4, 0.5) is 4.79 Å². The molecule has 4 N–H and O–H groups in total. The minimum Gasteiger partial charge on any atom is -0.444 e. The SMILES string of the molecule is CC(=O)NC1(C(N)=O)C[C@H](CCB2OC(C)(C)C(C)(C)O2)C[C@@H](CNC(=O)OC(C)(C)C)C1. The highest BCUT2D eigenvalue weighted by molar-refractivity contribution is 6.45. The standard InChI is InChI=1S/C23H42BN3O6/c1-15(28)27-23(18(25)29)12-16(9-10-24-32-21(5,6)22(7,8)33-24)11-17(13-23)14-26-19(30)31-20(2,3)4/h16-17H,9-14H2,1-8H3,(H2,25,29)(H,26,30)(H,27,28)/t16-,17-,23?/m1/s1. The molecule has 1 saturated heterocycles. The number of ether oxygens (including phenoxy) is 1. The van der Waals surface area contributed by atoms with Gasteiger partial charge in [0, 0.05) is 13.5 Å². The lowest BCUT2D eigenvalue weighted by atomic mass is 9.66. The van der Waals surface area contributed by atoms with E-state index in [0.717, 1.165) is 12.8 Å². The summed E-state index contributed by atoms with van der Waals surface area (Å²) in [5.41, 5.74) is 3.23. The van der Waals surface area contributed by atoms with Crippen molar-refractivity contribution in [1.29, 1.82) is 0 Å². The van der Waals surface area contributed by atoms with E-state index in [1.165, 1.54) is 6.92 Å². The maximum absolute atomic E-state index is 12.5. The first-order chi connectivity index (χ1) is 14.9. The van der Waals surface area contributed by atoms with Crippen molar-refractivity contribution in [3.8, 4) is 0 Å². The molecule has 3 amide bonds. The molecule has 10 heteroatoms. The third-order valence-electron chi connectivity index (χ3n) is 6.87. The summed E-state index contributed by atoms with van der Waals surface area (Å²) in [5.74, 6) is -0.809. The van der Waals surface area contributed by atoms with Gasteiger partial charge in [0.15, 0.2) is 0 Å². The largest absolute Gasteiger partial charge is 0.457 e. The zero-order valence-corrected chi connectivity index (χ0v) is 21.5. The van der Waals surface area contributed by atoms with E-state index in [-0.39, 0.29) is 24.9 Å². The van der Waals surface area contributed by atoms with Gasteiger partial charge >= 0.3 is 13.2 Å². The quantitative estimate of drug-likeness (QED) is 0.494. The molecule has 0 aromatic heterocycles. The first kappa shape index (κ1) is 27.4. The normalized spacial score (nSPS) is 28.8. The molecular formula is C23H42BN3O6. The van der Waals surface area contributed by atoms with Gasteiger partial charge in [0.2, 0.25) is 11.8 Å². The molecular weight excluding hydrogens is 425 g/mol. The van der Waals surface area contributed by atoms with Crippen molar-refractivity contribution in [2.24, 2.45) is 17.6 Å². The number of carbonyl (C=O) groups is 3. The minimum atomic E-state index is -1.15. The van der Waals surface area contributed by atoms with Crippen LogP contribution in [0.25, 0.3) is 0 Å². The Morgan fingerprint density at radius 2 is 1.61 bits per heavy atom. The second-order valence-electron chi connectivity index (χ2n) is 11.6. The average Bonchev–Trinajstić information content (AvgIpc) is 2.83. The van der Waals surface area contributed by atoms with E-state index in [4.69, 9.17) is 19.8 Å². The number of carbonyl (C=O) groups excluding carboxylic acids is 3. The third-order valence-corrected chi connectivity index (χ3v) is 6.87. The Morgan fingerprint density at radius 3 is 2.09 bits per heavy atom. The summed E-state index contributed by atoms with van der Waals surface area (Å²) in [5, 5.41) is 5.62. The molecule has 188 valence electrons. The molecule has 1 unspecified atom stereocenters. The maximum Gasteiger partial charge on any atom is 0.457 e. The predicted octanol–water partition coefficient (Wildman–Crippen LogP) is 2.77. The van der Waals surface area contributed by atoms with Crippen molar-refractivity contribution >= 4 is 25.0 Å². The molecule has 3 atom stereocenters. The van der Waals surface area contributed by atoms with E-state index in [9.17, 15) is 14.4 Å². The Hall–Kier alpha value is -1.81. The van der Waals surface area contributed by atoms with Crippen molar-refractivity contribution in [3.63, 3.8) is 0 Å². The van der Waals surface area contributed by atoms with Crippen LogP contribution in [0, 0.1) is 11.8 Å². The van der Waals surface area contributed by atoms with E-state index in [2.05, 4.69) is 10.6 Å². The van der Waals surface area contributed by atoms with Gasteiger partial charge in [-0.2, -0.15) is 0 Å². The van der Waals surface area contributed by atoms with Crippen LogP contribution < -0.4 is 16.4 Å². The second-order valence-corrected chi connectivity index (χ2v) is 11.6. The van der Waals surface area contributed by atoms with Crippen LogP contribution >= 0.6 is 0 Å². The Kier molecular flexibility index (Phi) is 8.17. The number of nitrogens with two attached hydrogens (primary N) is 1. The summed E-state index contributed by atoms with van der Waals surface area (Å²) in [6, 6.07) is 0. The Morgan fingerprint density at radius 1 is 1.06 bits per heavy atom. The predicted molar refractivity (Wildman–Crippen MR) is 126 cm³/mol. The van der Waals surface area contributed by atoms with Gasteiger partial charge in [-0.3, -0.25) is 9.59 Å². The van der Waals surface area contributed by atoms with Gasteiger partial charge in [-0.1, -0.05) is 6.42 Å². The molecule has 33 heavy (non-hydrogen) atoms. The lowest BCUT2D eigenvalue weighted by Gasteiger charge is -2.43. The molecule has 2 fully saturated rings. The van der Waals surface area contributed by atoms with Gasteiger partial charge in [-0.05, 0) is 85.9 Å². The molecule has 9 nitrogen and oxygen atoms in total. The number of alkyl carbamates (subject to hydrolysis) is 1. The summed E-state index contributed by atoms with van der Waals surface area (Å²) in [6.45, 7) is 15.2. The Balaban J connectivity index is 2.09. The molecule has 0 aromatic carbocycles. The molecule has 1 aliphatic carbocycles. The molecule has 0 spiro atoms. The lowest BCUT2D eigenvalue weighted by Crippen LogP contribution is -2.61. The van der Waals surface area contributed by atoms with Crippen LogP contribution in [-0.2, 0) is 23.6 Å². The minimum absolute atomic E-state index is 0.0473. The van der Waals surface area contributed by atoms with Gasteiger partial charge in [0.05, 0.1) is 11.2 Å². The van der Waals surface area contributed by atoms with Crippen LogP contribution in [-0.4, -0.2) is 53.9 Å². The van der Waals surface area contributed by atoms with Crippen LogP contribution in [0.5, 0.6) is 0 Å². The van der Waals surface area contributed by atoms with Gasteiger partial charge in [0.1, 0.15) is 11.1 Å². The monoisotopic (exact) mass is 467 g/mol. The fraction of sp³-hybridized carbons (Fsp3) is 0.870. The molecule has 0 aromatic rings. The number of amides is 3. The highest BCUT2D eigenvalue weighted by Gasteiger charge is 2.51. The van der Waals surface area contributed by atoms with Gasteiger partial charge < -0.3 is 30.4 Å². The van der Waals surface area contributed by atoms with E-state index < -0.39 is 34.3 Å². The first-order valence-electron chi connectivity index (χ1n) is 11.9. The van der Waals surface area contributed by atoms with Crippen LogP contribution in [0.3, 0.4) is 0 Å². The summed E-state index contributed by atoms with van der Waals surface area (Å²) < 4.78 is 17.6. The second kappa shape index (κ2) is 9.82. The zero-order valence-electron chi connectivity index (χ0n) is 21.5. The lowest BCUT2D eigenvalue weighted by molar-refractivity contribution is -0.133.